The third-order valence-corrected chi connectivity index (χ3v) is 4.61. The second-order valence-electron chi connectivity index (χ2n) is 5.18. The summed E-state index contributed by atoms with van der Waals surface area (Å²) >= 11 is 0. The molecular weight excluding hydrogens is 334 g/mol. The summed E-state index contributed by atoms with van der Waals surface area (Å²) in [5, 5.41) is 5.16. The van der Waals surface area contributed by atoms with Crippen molar-refractivity contribution >= 4 is 27.5 Å². The number of hydrogen-bond acceptors (Lipinski definition) is 5. The summed E-state index contributed by atoms with van der Waals surface area (Å²) in [6.07, 6.45) is 0.757. The molecule has 0 aliphatic heterocycles. The summed E-state index contributed by atoms with van der Waals surface area (Å²) in [5.41, 5.74) is 0.359. The zero-order valence-corrected chi connectivity index (χ0v) is 15.0. The number of benzene rings is 1. The average Bonchev–Trinajstić information content (AvgIpc) is 2.51. The van der Waals surface area contributed by atoms with E-state index in [4.69, 9.17) is 4.74 Å². The summed E-state index contributed by atoms with van der Waals surface area (Å²) in [5.74, 6) is -0.498. The lowest BCUT2D eigenvalue weighted by Crippen LogP contribution is -2.44. The molecule has 0 saturated heterocycles. The standard InChI is InChI=1S/C15H23N3O5S/c1-5-8-16-15(20)10(2)18-24(21,22)12-6-7-13(17-11(3)19)14(9-12)23-4/h6-7,9-10,18H,5,8H2,1-4H3,(H,16,20)(H,17,19)/t10-/m1/s1. The van der Waals surface area contributed by atoms with E-state index in [9.17, 15) is 18.0 Å². The Morgan fingerprint density at radius 3 is 2.50 bits per heavy atom. The van der Waals surface area contributed by atoms with E-state index in [1.807, 2.05) is 6.92 Å². The first-order valence-corrected chi connectivity index (χ1v) is 8.95. The van der Waals surface area contributed by atoms with Gasteiger partial charge in [0.25, 0.3) is 0 Å². The van der Waals surface area contributed by atoms with Crippen molar-refractivity contribution in [3.05, 3.63) is 18.2 Å². The van der Waals surface area contributed by atoms with Crippen LogP contribution in [0.2, 0.25) is 0 Å². The van der Waals surface area contributed by atoms with Crippen molar-refractivity contribution in [2.24, 2.45) is 0 Å². The highest BCUT2D eigenvalue weighted by Crippen LogP contribution is 2.27. The lowest BCUT2D eigenvalue weighted by Gasteiger charge is -2.15. The van der Waals surface area contributed by atoms with Gasteiger partial charge in [0.05, 0.1) is 23.7 Å². The first-order chi connectivity index (χ1) is 11.2. The molecule has 9 heteroatoms. The monoisotopic (exact) mass is 357 g/mol. The van der Waals surface area contributed by atoms with E-state index < -0.39 is 22.0 Å². The van der Waals surface area contributed by atoms with Crippen molar-refractivity contribution in [2.75, 3.05) is 19.0 Å². The molecule has 134 valence electrons. The number of ether oxygens (including phenoxy) is 1. The summed E-state index contributed by atoms with van der Waals surface area (Å²) in [6, 6.07) is 3.12. The molecule has 0 fully saturated rings. The van der Waals surface area contributed by atoms with Gasteiger partial charge in [-0.1, -0.05) is 6.92 Å². The van der Waals surface area contributed by atoms with Crippen molar-refractivity contribution in [3.8, 4) is 5.75 Å². The number of sulfonamides is 1. The number of carbonyl (C=O) groups is 2. The van der Waals surface area contributed by atoms with Gasteiger partial charge in [-0.15, -0.1) is 0 Å². The van der Waals surface area contributed by atoms with Crippen LogP contribution in [-0.4, -0.2) is 39.9 Å². The van der Waals surface area contributed by atoms with E-state index >= 15 is 0 Å². The van der Waals surface area contributed by atoms with Crippen molar-refractivity contribution in [1.82, 2.24) is 10.0 Å². The van der Waals surface area contributed by atoms with Crippen molar-refractivity contribution in [2.45, 2.75) is 38.1 Å². The number of nitrogens with one attached hydrogen (secondary N) is 3. The van der Waals surface area contributed by atoms with Crippen LogP contribution < -0.4 is 20.1 Å². The summed E-state index contributed by atoms with van der Waals surface area (Å²) in [4.78, 5) is 22.9. The minimum Gasteiger partial charge on any atom is -0.495 e. The first kappa shape index (κ1) is 19.9. The predicted octanol–water partition coefficient (Wildman–Crippen LogP) is 0.847. The largest absolute Gasteiger partial charge is 0.495 e. The minimum atomic E-state index is -3.91. The molecular formula is C15H23N3O5S. The maximum absolute atomic E-state index is 12.4. The Morgan fingerprint density at radius 2 is 1.96 bits per heavy atom. The molecule has 2 amide bonds. The van der Waals surface area contributed by atoms with Gasteiger partial charge in [-0.05, 0) is 25.5 Å². The maximum atomic E-state index is 12.4. The second kappa shape index (κ2) is 8.65. The Morgan fingerprint density at radius 1 is 1.29 bits per heavy atom. The highest BCUT2D eigenvalue weighted by molar-refractivity contribution is 7.89. The van der Waals surface area contributed by atoms with E-state index in [-0.39, 0.29) is 16.6 Å². The van der Waals surface area contributed by atoms with Crippen LogP contribution in [0.3, 0.4) is 0 Å². The number of amides is 2. The molecule has 0 heterocycles. The van der Waals surface area contributed by atoms with Gasteiger partial charge in [0.15, 0.2) is 0 Å². The van der Waals surface area contributed by atoms with Gasteiger partial charge in [-0.2, -0.15) is 4.72 Å². The van der Waals surface area contributed by atoms with E-state index in [1.54, 1.807) is 0 Å². The summed E-state index contributed by atoms with van der Waals surface area (Å²) in [7, 11) is -2.54. The van der Waals surface area contributed by atoms with Crippen LogP contribution in [0.15, 0.2) is 23.1 Å². The van der Waals surface area contributed by atoms with Gasteiger partial charge in [0.2, 0.25) is 21.8 Å². The number of anilines is 1. The fourth-order valence-corrected chi connectivity index (χ4v) is 3.11. The third-order valence-electron chi connectivity index (χ3n) is 3.07. The molecule has 0 radical (unpaired) electrons. The summed E-state index contributed by atoms with van der Waals surface area (Å²) < 4.78 is 32.2. The summed E-state index contributed by atoms with van der Waals surface area (Å²) in [6.45, 7) is 5.18. The Labute approximate surface area is 142 Å². The van der Waals surface area contributed by atoms with Crippen LogP contribution in [0.25, 0.3) is 0 Å². The van der Waals surface area contributed by atoms with Gasteiger partial charge >= 0.3 is 0 Å². The predicted molar refractivity (Wildman–Crippen MR) is 90.4 cm³/mol. The van der Waals surface area contributed by atoms with Crippen LogP contribution in [0.1, 0.15) is 27.2 Å². The van der Waals surface area contributed by atoms with Gasteiger partial charge in [-0.25, -0.2) is 8.42 Å². The molecule has 1 aromatic rings. The molecule has 0 aliphatic carbocycles. The molecule has 0 aromatic heterocycles. The van der Waals surface area contributed by atoms with E-state index in [0.29, 0.717) is 12.2 Å². The van der Waals surface area contributed by atoms with E-state index in [1.165, 1.54) is 39.2 Å². The molecule has 1 rings (SSSR count). The Bertz CT molecular complexity index is 703. The average molecular weight is 357 g/mol. The molecule has 0 unspecified atom stereocenters. The van der Waals surface area contributed by atoms with Gasteiger partial charge in [-0.3, -0.25) is 9.59 Å². The Hall–Kier alpha value is -2.13. The number of methoxy groups -OCH3 is 1. The van der Waals surface area contributed by atoms with Crippen LogP contribution in [0, 0.1) is 0 Å². The molecule has 1 atom stereocenters. The van der Waals surface area contributed by atoms with Crippen LogP contribution >= 0.6 is 0 Å². The Kier molecular flexibility index (Phi) is 7.18. The number of rotatable bonds is 8. The quantitative estimate of drug-likeness (QED) is 0.638. The number of carbonyl (C=O) groups excluding carboxylic acids is 2. The molecule has 0 saturated carbocycles. The molecule has 0 spiro atoms. The van der Waals surface area contributed by atoms with Gasteiger partial charge < -0.3 is 15.4 Å². The van der Waals surface area contributed by atoms with Crippen LogP contribution in [-0.2, 0) is 19.6 Å². The highest BCUT2D eigenvalue weighted by Gasteiger charge is 2.23. The van der Waals surface area contributed by atoms with E-state index in [2.05, 4.69) is 15.4 Å². The van der Waals surface area contributed by atoms with Gasteiger partial charge in [0, 0.05) is 19.5 Å². The molecule has 8 nitrogen and oxygen atoms in total. The van der Waals surface area contributed by atoms with Crippen molar-refractivity contribution < 1.29 is 22.7 Å². The molecule has 0 aliphatic rings. The van der Waals surface area contributed by atoms with E-state index in [0.717, 1.165) is 6.42 Å². The number of hydrogen-bond donors (Lipinski definition) is 3. The zero-order valence-electron chi connectivity index (χ0n) is 14.2. The second-order valence-corrected chi connectivity index (χ2v) is 6.89. The highest BCUT2D eigenvalue weighted by atomic mass is 32.2. The maximum Gasteiger partial charge on any atom is 0.241 e. The topological polar surface area (TPSA) is 114 Å². The molecule has 24 heavy (non-hydrogen) atoms. The first-order valence-electron chi connectivity index (χ1n) is 7.47. The lowest BCUT2D eigenvalue weighted by atomic mass is 10.3. The fraction of sp³-hybridized carbons (Fsp3) is 0.467. The molecule has 3 N–H and O–H groups in total. The van der Waals surface area contributed by atoms with Crippen molar-refractivity contribution in [3.63, 3.8) is 0 Å². The van der Waals surface area contributed by atoms with Crippen LogP contribution in [0.5, 0.6) is 5.75 Å². The lowest BCUT2D eigenvalue weighted by molar-refractivity contribution is -0.122. The molecule has 0 bridgehead atoms. The zero-order chi connectivity index (χ0) is 18.3. The Balaban J connectivity index is 2.98. The van der Waals surface area contributed by atoms with Crippen molar-refractivity contribution in [1.29, 1.82) is 0 Å². The SMILES string of the molecule is CCCNC(=O)[C@@H](C)NS(=O)(=O)c1ccc(NC(C)=O)c(OC)c1. The van der Waals surface area contributed by atoms with Gasteiger partial charge in [0.1, 0.15) is 5.75 Å². The van der Waals surface area contributed by atoms with Crippen LogP contribution in [0.4, 0.5) is 5.69 Å². The minimum absolute atomic E-state index is 0.0661. The smallest absolute Gasteiger partial charge is 0.241 e. The fourth-order valence-electron chi connectivity index (χ4n) is 1.89. The normalized spacial score (nSPS) is 12.3. The third kappa shape index (κ3) is 5.50. The molecule has 1 aromatic carbocycles.